The Morgan fingerprint density at radius 2 is 1.50 bits per heavy atom. The second-order valence-electron chi connectivity index (χ2n) is 10.8. The van der Waals surface area contributed by atoms with Crippen LogP contribution in [0, 0.1) is 5.92 Å². The van der Waals surface area contributed by atoms with E-state index in [-0.39, 0.29) is 0 Å². The lowest BCUT2D eigenvalue weighted by atomic mass is 10.1. The van der Waals surface area contributed by atoms with Gasteiger partial charge < -0.3 is 9.47 Å². The fraction of sp³-hybridized carbons (Fsp3) is 0.655. The van der Waals surface area contributed by atoms with Crippen molar-refractivity contribution in [1.29, 1.82) is 0 Å². The van der Waals surface area contributed by atoms with Crippen LogP contribution in [0.5, 0.6) is 11.5 Å². The molecule has 0 radical (unpaired) electrons. The zero-order valence-corrected chi connectivity index (χ0v) is 22.9. The summed E-state index contributed by atoms with van der Waals surface area (Å²) in [6.45, 7) is 8.82. The molecule has 2 aromatic rings. The Kier molecular flexibility index (Phi) is 11.4. The van der Waals surface area contributed by atoms with Crippen LogP contribution in [0.2, 0.25) is 25.2 Å². The summed E-state index contributed by atoms with van der Waals surface area (Å²) >= 11 is 0. The van der Waals surface area contributed by atoms with Crippen LogP contribution in [-0.2, 0) is 0 Å². The predicted molar refractivity (Wildman–Crippen MR) is 146 cm³/mol. The first-order chi connectivity index (χ1) is 16.6. The Hall–Kier alpha value is -1.88. The van der Waals surface area contributed by atoms with Gasteiger partial charge in [-0.25, -0.2) is 9.97 Å². The van der Waals surface area contributed by atoms with Gasteiger partial charge in [-0.05, 0) is 30.9 Å². The number of para-hydroxylation sites is 1. The Labute approximate surface area is 208 Å². The number of hydrogen-bond acceptors (Lipinski definition) is 4. The van der Waals surface area contributed by atoms with Gasteiger partial charge in [0.15, 0.2) is 11.6 Å². The maximum absolute atomic E-state index is 6.10. The number of rotatable bonds is 18. The van der Waals surface area contributed by atoms with E-state index in [1.165, 1.54) is 69.9 Å². The van der Waals surface area contributed by atoms with Crippen molar-refractivity contribution in [1.82, 2.24) is 9.97 Å². The third-order valence-corrected chi connectivity index (χ3v) is 10.4. The lowest BCUT2D eigenvalue weighted by Crippen LogP contribution is -2.24. The zero-order chi connectivity index (χ0) is 24.1. The molecule has 1 aromatic heterocycles. The van der Waals surface area contributed by atoms with Gasteiger partial charge in [-0.3, -0.25) is 0 Å². The fourth-order valence-corrected chi connectivity index (χ4v) is 7.23. The largest absolute Gasteiger partial charge is 0.493 e. The molecule has 0 atom stereocenters. The first kappa shape index (κ1) is 26.7. The fourth-order valence-electron chi connectivity index (χ4n) is 4.46. The lowest BCUT2D eigenvalue weighted by Gasteiger charge is -2.21. The van der Waals surface area contributed by atoms with E-state index in [1.807, 2.05) is 24.3 Å². The Bertz CT molecular complexity index is 821. The van der Waals surface area contributed by atoms with E-state index in [2.05, 4.69) is 30.0 Å². The molecule has 1 heterocycles. The summed E-state index contributed by atoms with van der Waals surface area (Å²) in [7, 11) is -1.02. The van der Waals surface area contributed by atoms with E-state index in [1.54, 1.807) is 12.4 Å². The van der Waals surface area contributed by atoms with Crippen LogP contribution < -0.4 is 9.47 Å². The van der Waals surface area contributed by atoms with Gasteiger partial charge in [-0.1, -0.05) is 102 Å². The molecule has 0 bridgehead atoms. The molecule has 0 N–H and O–H groups in total. The summed E-state index contributed by atoms with van der Waals surface area (Å²) in [6, 6.07) is 10.9. The zero-order valence-electron chi connectivity index (χ0n) is 21.9. The maximum atomic E-state index is 6.10. The average molecular weight is 483 g/mol. The number of benzene rings is 1. The summed E-state index contributed by atoms with van der Waals surface area (Å²) in [5.74, 6) is 3.35. The van der Waals surface area contributed by atoms with Gasteiger partial charge in [0, 0.05) is 8.07 Å². The Morgan fingerprint density at radius 1 is 0.824 bits per heavy atom. The third-order valence-electron chi connectivity index (χ3n) is 6.94. The van der Waals surface area contributed by atoms with E-state index >= 15 is 0 Å². The summed E-state index contributed by atoms with van der Waals surface area (Å²) in [4.78, 5) is 9.13. The number of hydrogen-bond donors (Lipinski definition) is 0. The molecular formula is C29H46N2O2Si. The van der Waals surface area contributed by atoms with Crippen molar-refractivity contribution in [2.24, 2.45) is 5.92 Å². The van der Waals surface area contributed by atoms with Gasteiger partial charge in [0.05, 0.1) is 31.2 Å². The molecule has 0 spiro atoms. The smallest absolute Gasteiger partial charge is 0.163 e. The molecule has 4 nitrogen and oxygen atoms in total. The Balaban J connectivity index is 1.37. The van der Waals surface area contributed by atoms with Crippen molar-refractivity contribution in [3.63, 3.8) is 0 Å². The molecule has 0 amide bonds. The van der Waals surface area contributed by atoms with E-state index in [0.29, 0.717) is 5.82 Å². The number of aromatic nitrogens is 2. The lowest BCUT2D eigenvalue weighted by molar-refractivity contribution is 0.304. The molecule has 5 heteroatoms. The van der Waals surface area contributed by atoms with Crippen molar-refractivity contribution in [2.45, 2.75) is 103 Å². The minimum Gasteiger partial charge on any atom is -0.493 e. The van der Waals surface area contributed by atoms with E-state index in [9.17, 15) is 0 Å². The third kappa shape index (κ3) is 10.2. The first-order valence-corrected chi connectivity index (χ1v) is 17.2. The highest BCUT2D eigenvalue weighted by atomic mass is 28.3. The van der Waals surface area contributed by atoms with Crippen LogP contribution in [0.3, 0.4) is 0 Å². The summed E-state index contributed by atoms with van der Waals surface area (Å²) < 4.78 is 12.0. The molecule has 1 aliphatic rings. The van der Waals surface area contributed by atoms with Crippen LogP contribution in [0.4, 0.5) is 0 Å². The molecule has 1 aromatic carbocycles. The molecule has 1 aliphatic carbocycles. The second-order valence-corrected chi connectivity index (χ2v) is 16.1. The Morgan fingerprint density at radius 3 is 2.26 bits per heavy atom. The summed E-state index contributed by atoms with van der Waals surface area (Å²) in [5, 5.41) is 0. The molecule has 34 heavy (non-hydrogen) atoms. The molecule has 0 unspecified atom stereocenters. The van der Waals surface area contributed by atoms with Crippen LogP contribution in [0.1, 0.15) is 77.6 Å². The molecule has 0 saturated heterocycles. The van der Waals surface area contributed by atoms with Crippen molar-refractivity contribution < 1.29 is 9.47 Å². The minimum absolute atomic E-state index is 0.691. The quantitative estimate of drug-likeness (QED) is 0.158. The molecule has 0 aliphatic heterocycles. The monoisotopic (exact) mass is 482 g/mol. The predicted octanol–water partition coefficient (Wildman–Crippen LogP) is 8.55. The van der Waals surface area contributed by atoms with Crippen molar-refractivity contribution in [2.75, 3.05) is 13.2 Å². The van der Waals surface area contributed by atoms with Gasteiger partial charge in [0.2, 0.25) is 0 Å². The van der Waals surface area contributed by atoms with Crippen molar-refractivity contribution >= 4 is 8.07 Å². The van der Waals surface area contributed by atoms with E-state index in [0.717, 1.165) is 49.0 Å². The van der Waals surface area contributed by atoms with Crippen molar-refractivity contribution in [3.8, 4) is 22.9 Å². The normalized spacial score (nSPS) is 13.7. The van der Waals surface area contributed by atoms with Gasteiger partial charge >= 0.3 is 0 Å². The van der Waals surface area contributed by atoms with Gasteiger partial charge in [0.25, 0.3) is 0 Å². The van der Waals surface area contributed by atoms with Gasteiger partial charge in [-0.15, -0.1) is 0 Å². The number of ether oxygens (including phenoxy) is 2. The van der Waals surface area contributed by atoms with Crippen molar-refractivity contribution in [3.05, 3.63) is 36.7 Å². The van der Waals surface area contributed by atoms with E-state index in [4.69, 9.17) is 9.47 Å². The molecule has 3 rings (SSSR count). The van der Waals surface area contributed by atoms with Crippen LogP contribution in [0.15, 0.2) is 36.7 Å². The number of unbranched alkanes of at least 4 members (excludes halogenated alkanes) is 5. The first-order valence-electron chi connectivity index (χ1n) is 13.7. The second kappa shape index (κ2) is 14.5. The van der Waals surface area contributed by atoms with E-state index < -0.39 is 8.07 Å². The number of nitrogens with zero attached hydrogens (tertiary/aromatic N) is 2. The topological polar surface area (TPSA) is 44.2 Å². The molecule has 1 fully saturated rings. The van der Waals surface area contributed by atoms with Crippen LogP contribution in [-0.4, -0.2) is 31.3 Å². The standard InChI is InChI=1S/C29H46N2O2Si/c1-4-5-21-34(2,3)22-13-12-19-32-26-23-30-29(31-24-26)27-15-9-10-16-28(27)33-20-11-7-6-8-14-25-17-18-25/h9-10,15-16,23-25H,4-8,11-14,17-22H2,1-3H3. The van der Waals surface area contributed by atoms with Crippen LogP contribution in [0.25, 0.3) is 11.4 Å². The highest BCUT2D eigenvalue weighted by Crippen LogP contribution is 2.34. The van der Waals surface area contributed by atoms with Crippen LogP contribution >= 0.6 is 0 Å². The van der Waals surface area contributed by atoms with Gasteiger partial charge in [0.1, 0.15) is 5.75 Å². The molecule has 1 saturated carbocycles. The highest BCUT2D eigenvalue weighted by Gasteiger charge is 2.20. The molecule has 188 valence electrons. The minimum atomic E-state index is -1.02. The highest BCUT2D eigenvalue weighted by molar-refractivity contribution is 6.77. The summed E-state index contributed by atoms with van der Waals surface area (Å²) in [5.41, 5.74) is 0.946. The molecular weight excluding hydrogens is 436 g/mol. The maximum Gasteiger partial charge on any atom is 0.163 e. The van der Waals surface area contributed by atoms with Gasteiger partial charge in [-0.2, -0.15) is 0 Å². The average Bonchev–Trinajstić information content (AvgIpc) is 3.67. The summed E-state index contributed by atoms with van der Waals surface area (Å²) in [6.07, 6.45) is 18.0. The SMILES string of the molecule is CCCC[Si](C)(C)CCCCOc1cnc(-c2ccccc2OCCCCCCC2CC2)nc1.